The summed E-state index contributed by atoms with van der Waals surface area (Å²) in [5, 5.41) is 1.97. The molecule has 0 fully saturated rings. The van der Waals surface area contributed by atoms with E-state index < -0.39 is 35.1 Å². The molecular formula is C13H17ClF3N3O2. The number of carbonyl (C=O) groups excluding carboxylic acids is 2. The highest BCUT2D eigenvalue weighted by Crippen LogP contribution is 2.30. The van der Waals surface area contributed by atoms with E-state index >= 15 is 0 Å². The van der Waals surface area contributed by atoms with Crippen LogP contribution in [0.4, 0.5) is 13.2 Å². The number of amides is 2. The standard InChI is InChI=1S/C13H16F3N3O2.ClH/c1-12(2,18)11(21)19-10(20)9(17)7-4-3-5-8(6-7)13(14,15)16;/h3-6,9H,17-18H2,1-2H3,(H,19,20,21);1H. The number of rotatable bonds is 3. The van der Waals surface area contributed by atoms with Gasteiger partial charge in [0.2, 0.25) is 11.8 Å². The van der Waals surface area contributed by atoms with E-state index in [1.165, 1.54) is 19.9 Å². The first-order chi connectivity index (χ1) is 9.43. The van der Waals surface area contributed by atoms with E-state index in [0.717, 1.165) is 18.2 Å². The Morgan fingerprint density at radius 1 is 1.23 bits per heavy atom. The van der Waals surface area contributed by atoms with Crippen molar-refractivity contribution in [1.82, 2.24) is 5.32 Å². The molecule has 0 aliphatic rings. The van der Waals surface area contributed by atoms with E-state index in [2.05, 4.69) is 0 Å². The van der Waals surface area contributed by atoms with Crippen LogP contribution < -0.4 is 16.8 Å². The zero-order valence-corrected chi connectivity index (χ0v) is 12.7. The van der Waals surface area contributed by atoms with Gasteiger partial charge in [-0.1, -0.05) is 12.1 Å². The van der Waals surface area contributed by atoms with Gasteiger partial charge >= 0.3 is 6.18 Å². The summed E-state index contributed by atoms with van der Waals surface area (Å²) in [7, 11) is 0. The molecule has 2 amide bonds. The topological polar surface area (TPSA) is 98.2 Å². The third-order valence-electron chi connectivity index (χ3n) is 2.68. The van der Waals surface area contributed by atoms with Crippen LogP contribution in [0, 0.1) is 0 Å². The Kier molecular flexibility index (Phi) is 6.55. The molecule has 0 radical (unpaired) electrons. The van der Waals surface area contributed by atoms with E-state index in [0.29, 0.717) is 0 Å². The number of imide groups is 1. The molecule has 0 bridgehead atoms. The summed E-state index contributed by atoms with van der Waals surface area (Å²) < 4.78 is 37.8. The summed E-state index contributed by atoms with van der Waals surface area (Å²) >= 11 is 0. The van der Waals surface area contributed by atoms with Gasteiger partial charge in [-0.2, -0.15) is 13.2 Å². The Hall–Kier alpha value is -1.64. The first-order valence-electron chi connectivity index (χ1n) is 6.00. The van der Waals surface area contributed by atoms with Gasteiger partial charge in [0.05, 0.1) is 11.1 Å². The van der Waals surface area contributed by atoms with Gasteiger partial charge in [0, 0.05) is 0 Å². The summed E-state index contributed by atoms with van der Waals surface area (Å²) in [5.74, 6) is -1.69. The van der Waals surface area contributed by atoms with E-state index in [-0.39, 0.29) is 18.0 Å². The molecule has 1 aromatic rings. The monoisotopic (exact) mass is 339 g/mol. The molecule has 0 spiro atoms. The summed E-state index contributed by atoms with van der Waals surface area (Å²) in [6, 6.07) is 2.64. The minimum Gasteiger partial charge on any atom is -0.318 e. The van der Waals surface area contributed by atoms with Crippen LogP contribution in [-0.4, -0.2) is 17.4 Å². The van der Waals surface area contributed by atoms with Crippen molar-refractivity contribution in [1.29, 1.82) is 0 Å². The molecule has 0 aromatic heterocycles. The Morgan fingerprint density at radius 3 is 2.23 bits per heavy atom. The fourth-order valence-corrected chi connectivity index (χ4v) is 1.41. The summed E-state index contributed by atoms with van der Waals surface area (Å²) in [4.78, 5) is 23.3. The van der Waals surface area contributed by atoms with Crippen LogP contribution in [-0.2, 0) is 15.8 Å². The van der Waals surface area contributed by atoms with Crippen LogP contribution in [0.25, 0.3) is 0 Å². The number of carbonyl (C=O) groups is 2. The molecule has 9 heteroatoms. The number of benzene rings is 1. The highest BCUT2D eigenvalue weighted by molar-refractivity contribution is 6.01. The second-order valence-corrected chi connectivity index (χ2v) is 5.14. The summed E-state index contributed by atoms with van der Waals surface area (Å²) in [6.07, 6.45) is -4.54. The fourth-order valence-electron chi connectivity index (χ4n) is 1.41. The molecule has 5 nitrogen and oxygen atoms in total. The van der Waals surface area contributed by atoms with E-state index in [1.807, 2.05) is 5.32 Å². The molecule has 0 saturated carbocycles. The van der Waals surface area contributed by atoms with Gasteiger partial charge in [-0.05, 0) is 31.5 Å². The lowest BCUT2D eigenvalue weighted by molar-refractivity contribution is -0.138. The maximum absolute atomic E-state index is 12.6. The molecular weight excluding hydrogens is 323 g/mol. The second kappa shape index (κ2) is 7.08. The predicted molar refractivity (Wildman–Crippen MR) is 77.0 cm³/mol. The van der Waals surface area contributed by atoms with Crippen molar-refractivity contribution in [2.45, 2.75) is 31.6 Å². The molecule has 1 rings (SSSR count). The zero-order chi connectivity index (χ0) is 16.4. The summed E-state index contributed by atoms with van der Waals surface area (Å²) in [6.45, 7) is 2.76. The largest absolute Gasteiger partial charge is 0.416 e. The van der Waals surface area contributed by atoms with Crippen LogP contribution >= 0.6 is 12.4 Å². The number of hydrogen-bond donors (Lipinski definition) is 3. The molecule has 1 unspecified atom stereocenters. The number of nitrogens with two attached hydrogens (primary N) is 2. The van der Waals surface area contributed by atoms with Crippen molar-refractivity contribution < 1.29 is 22.8 Å². The number of nitrogens with one attached hydrogen (secondary N) is 1. The highest BCUT2D eigenvalue weighted by Gasteiger charge is 2.32. The Bertz CT molecular complexity index is 556. The fraction of sp³-hybridized carbons (Fsp3) is 0.385. The number of hydrogen-bond acceptors (Lipinski definition) is 4. The molecule has 5 N–H and O–H groups in total. The number of halogens is 4. The van der Waals surface area contributed by atoms with Crippen molar-refractivity contribution in [2.24, 2.45) is 11.5 Å². The van der Waals surface area contributed by atoms with Crippen LogP contribution in [0.2, 0.25) is 0 Å². The smallest absolute Gasteiger partial charge is 0.318 e. The molecule has 0 heterocycles. The minimum atomic E-state index is -4.54. The molecule has 1 atom stereocenters. The van der Waals surface area contributed by atoms with Gasteiger partial charge in [0.25, 0.3) is 0 Å². The van der Waals surface area contributed by atoms with Crippen molar-refractivity contribution >= 4 is 24.2 Å². The van der Waals surface area contributed by atoms with Gasteiger partial charge in [-0.25, -0.2) is 0 Å². The van der Waals surface area contributed by atoms with Gasteiger partial charge < -0.3 is 11.5 Å². The lowest BCUT2D eigenvalue weighted by Crippen LogP contribution is -2.52. The van der Waals surface area contributed by atoms with Crippen molar-refractivity contribution in [2.75, 3.05) is 0 Å². The van der Waals surface area contributed by atoms with Crippen LogP contribution in [0.1, 0.15) is 31.0 Å². The average Bonchev–Trinajstić information content (AvgIpc) is 2.35. The predicted octanol–water partition coefficient (Wildman–Crippen LogP) is 1.51. The van der Waals surface area contributed by atoms with Crippen molar-refractivity contribution in [3.63, 3.8) is 0 Å². The average molecular weight is 340 g/mol. The SMILES string of the molecule is CC(C)(N)C(=O)NC(=O)C(N)c1cccc(C(F)(F)F)c1.Cl. The van der Waals surface area contributed by atoms with Gasteiger partial charge in [-0.3, -0.25) is 14.9 Å². The zero-order valence-electron chi connectivity index (χ0n) is 11.9. The maximum atomic E-state index is 12.6. The molecule has 0 aliphatic heterocycles. The third kappa shape index (κ3) is 5.28. The Morgan fingerprint density at radius 2 is 1.77 bits per heavy atom. The molecule has 22 heavy (non-hydrogen) atoms. The van der Waals surface area contributed by atoms with Crippen LogP contribution in [0.5, 0.6) is 0 Å². The van der Waals surface area contributed by atoms with E-state index in [1.54, 1.807) is 0 Å². The quantitative estimate of drug-likeness (QED) is 0.777. The Balaban J connectivity index is 0.00000441. The van der Waals surface area contributed by atoms with Gasteiger partial charge in [-0.15, -0.1) is 12.4 Å². The lowest BCUT2D eigenvalue weighted by atomic mass is 10.0. The van der Waals surface area contributed by atoms with Crippen LogP contribution in [0.15, 0.2) is 24.3 Å². The normalized spacial score (nSPS) is 13.0. The molecule has 0 saturated heterocycles. The van der Waals surface area contributed by atoms with Gasteiger partial charge in [0.15, 0.2) is 0 Å². The lowest BCUT2D eigenvalue weighted by Gasteiger charge is -2.19. The van der Waals surface area contributed by atoms with Gasteiger partial charge in [0.1, 0.15) is 6.04 Å². The maximum Gasteiger partial charge on any atom is 0.416 e. The van der Waals surface area contributed by atoms with E-state index in [4.69, 9.17) is 11.5 Å². The first kappa shape index (κ1) is 20.4. The number of alkyl halides is 3. The Labute approximate surface area is 131 Å². The van der Waals surface area contributed by atoms with Crippen molar-refractivity contribution in [3.8, 4) is 0 Å². The summed E-state index contributed by atoms with van der Waals surface area (Å²) in [5.41, 5.74) is 8.79. The molecule has 124 valence electrons. The van der Waals surface area contributed by atoms with Crippen LogP contribution in [0.3, 0.4) is 0 Å². The molecule has 1 aromatic carbocycles. The minimum absolute atomic E-state index is 0. The van der Waals surface area contributed by atoms with E-state index in [9.17, 15) is 22.8 Å². The first-order valence-corrected chi connectivity index (χ1v) is 6.00. The highest BCUT2D eigenvalue weighted by atomic mass is 35.5. The second-order valence-electron chi connectivity index (χ2n) is 5.14. The third-order valence-corrected chi connectivity index (χ3v) is 2.68. The molecule has 0 aliphatic carbocycles. The van der Waals surface area contributed by atoms with Crippen molar-refractivity contribution in [3.05, 3.63) is 35.4 Å².